The Morgan fingerprint density at radius 3 is 2.33 bits per heavy atom. The second-order valence-corrected chi connectivity index (χ2v) is 9.11. The highest BCUT2D eigenvalue weighted by Crippen LogP contribution is 2.27. The van der Waals surface area contributed by atoms with Gasteiger partial charge < -0.3 is 14.9 Å². The SMILES string of the molecule is CCCN(CCC)CCCC1(O)CCN(C(C)=O)C1.CCCc1cccc(Cl)c1Cl. The Hall–Kier alpha value is -0.810. The average Bonchev–Trinajstić information content (AvgIpc) is 3.09. The van der Waals surface area contributed by atoms with E-state index < -0.39 is 5.60 Å². The number of hydrogen-bond acceptors (Lipinski definition) is 3. The van der Waals surface area contributed by atoms with Gasteiger partial charge in [-0.05, 0) is 69.8 Å². The van der Waals surface area contributed by atoms with E-state index >= 15 is 0 Å². The van der Waals surface area contributed by atoms with Crippen molar-refractivity contribution < 1.29 is 9.90 Å². The highest BCUT2D eigenvalue weighted by atomic mass is 35.5. The average molecular weight is 460 g/mol. The number of β-amino-alcohol motifs (C(OH)–C–C–N with tert-alkyl or cyclic N) is 1. The summed E-state index contributed by atoms with van der Waals surface area (Å²) in [6, 6.07) is 5.75. The topological polar surface area (TPSA) is 43.8 Å². The summed E-state index contributed by atoms with van der Waals surface area (Å²) in [5.41, 5.74) is 0.497. The maximum Gasteiger partial charge on any atom is 0.219 e. The van der Waals surface area contributed by atoms with Gasteiger partial charge in [-0.3, -0.25) is 4.79 Å². The van der Waals surface area contributed by atoms with E-state index in [-0.39, 0.29) is 5.91 Å². The molecule has 0 bridgehead atoms. The van der Waals surface area contributed by atoms with Gasteiger partial charge in [0.1, 0.15) is 0 Å². The zero-order valence-electron chi connectivity index (χ0n) is 19.2. The first kappa shape index (κ1) is 27.2. The minimum absolute atomic E-state index is 0.0783. The number of carbonyl (C=O) groups excluding carboxylic acids is 1. The fourth-order valence-electron chi connectivity index (χ4n) is 3.94. The molecule has 1 fully saturated rings. The molecular weight excluding hydrogens is 419 g/mol. The van der Waals surface area contributed by atoms with Gasteiger partial charge in [0.2, 0.25) is 5.91 Å². The third-order valence-electron chi connectivity index (χ3n) is 5.52. The van der Waals surface area contributed by atoms with Gasteiger partial charge >= 0.3 is 0 Å². The first-order valence-corrected chi connectivity index (χ1v) is 12.1. The van der Waals surface area contributed by atoms with Gasteiger partial charge in [0.15, 0.2) is 0 Å². The van der Waals surface area contributed by atoms with Gasteiger partial charge in [-0.1, -0.05) is 62.5 Å². The van der Waals surface area contributed by atoms with Crippen LogP contribution in [0, 0.1) is 0 Å². The van der Waals surface area contributed by atoms with E-state index in [0.717, 1.165) is 57.3 Å². The molecule has 1 amide bonds. The number of halogens is 2. The zero-order valence-corrected chi connectivity index (χ0v) is 20.7. The van der Waals surface area contributed by atoms with E-state index in [2.05, 4.69) is 25.7 Å². The molecule has 30 heavy (non-hydrogen) atoms. The molecule has 1 unspecified atom stereocenters. The molecule has 172 valence electrons. The molecular formula is C24H40Cl2N2O2. The van der Waals surface area contributed by atoms with Crippen LogP contribution in [0.2, 0.25) is 10.0 Å². The minimum Gasteiger partial charge on any atom is -0.388 e. The Balaban J connectivity index is 0.000000346. The van der Waals surface area contributed by atoms with E-state index in [4.69, 9.17) is 23.2 Å². The summed E-state index contributed by atoms with van der Waals surface area (Å²) in [7, 11) is 0. The zero-order chi connectivity index (χ0) is 22.6. The largest absolute Gasteiger partial charge is 0.388 e. The number of likely N-dealkylation sites (tertiary alicyclic amines) is 1. The van der Waals surface area contributed by atoms with Crippen molar-refractivity contribution >= 4 is 29.1 Å². The molecule has 1 saturated heterocycles. The van der Waals surface area contributed by atoms with Crippen LogP contribution in [-0.2, 0) is 11.2 Å². The molecule has 0 spiro atoms. The standard InChI is InChI=1S/C15H30N2O2.C9H10Cl2/c1-4-9-16(10-5-2)11-6-7-15(19)8-12-17(13-15)14(3)18;1-2-4-7-5-3-6-8(10)9(7)11/h19H,4-13H2,1-3H3;3,5-6H,2,4H2,1H3. The second kappa shape index (κ2) is 14.3. The highest BCUT2D eigenvalue weighted by molar-refractivity contribution is 6.42. The third-order valence-corrected chi connectivity index (χ3v) is 6.38. The van der Waals surface area contributed by atoms with Crippen LogP contribution < -0.4 is 0 Å². The van der Waals surface area contributed by atoms with Gasteiger partial charge in [0.05, 0.1) is 15.6 Å². The fraction of sp³-hybridized carbons (Fsp3) is 0.708. The number of aryl methyl sites for hydroxylation is 1. The van der Waals surface area contributed by atoms with Crippen molar-refractivity contribution in [2.45, 2.75) is 78.2 Å². The number of rotatable bonds is 10. The van der Waals surface area contributed by atoms with Crippen molar-refractivity contribution in [2.24, 2.45) is 0 Å². The molecule has 1 N–H and O–H groups in total. The van der Waals surface area contributed by atoms with Gasteiger partial charge in [-0.25, -0.2) is 0 Å². The van der Waals surface area contributed by atoms with Crippen molar-refractivity contribution in [3.63, 3.8) is 0 Å². The van der Waals surface area contributed by atoms with Crippen molar-refractivity contribution in [3.05, 3.63) is 33.8 Å². The van der Waals surface area contributed by atoms with Gasteiger partial charge in [0, 0.05) is 20.0 Å². The molecule has 1 aromatic rings. The number of nitrogens with zero attached hydrogens (tertiary/aromatic N) is 2. The Morgan fingerprint density at radius 1 is 1.13 bits per heavy atom. The Bertz CT molecular complexity index is 636. The predicted molar refractivity (Wildman–Crippen MR) is 129 cm³/mol. The lowest BCUT2D eigenvalue weighted by Crippen LogP contribution is -2.36. The fourth-order valence-corrected chi connectivity index (χ4v) is 4.35. The van der Waals surface area contributed by atoms with E-state index in [9.17, 15) is 9.90 Å². The number of carbonyl (C=O) groups is 1. The Morgan fingerprint density at radius 2 is 1.80 bits per heavy atom. The lowest BCUT2D eigenvalue weighted by molar-refractivity contribution is -0.128. The third kappa shape index (κ3) is 9.55. The first-order chi connectivity index (χ1) is 14.3. The van der Waals surface area contributed by atoms with E-state index in [1.54, 1.807) is 11.8 Å². The van der Waals surface area contributed by atoms with Crippen LogP contribution in [0.1, 0.15) is 71.8 Å². The predicted octanol–water partition coefficient (Wildman–Crippen LogP) is 5.82. The summed E-state index contributed by atoms with van der Waals surface area (Å²) in [4.78, 5) is 15.5. The summed E-state index contributed by atoms with van der Waals surface area (Å²) in [6.45, 7) is 12.7. The molecule has 1 aliphatic rings. The maximum atomic E-state index is 11.3. The normalized spacial score (nSPS) is 18.5. The van der Waals surface area contributed by atoms with Crippen molar-refractivity contribution in [2.75, 3.05) is 32.7 Å². The van der Waals surface area contributed by atoms with Crippen LogP contribution >= 0.6 is 23.2 Å². The molecule has 6 heteroatoms. The summed E-state index contributed by atoms with van der Waals surface area (Å²) in [5.74, 6) is 0.0783. The minimum atomic E-state index is -0.643. The summed E-state index contributed by atoms with van der Waals surface area (Å²) >= 11 is 11.8. The molecule has 0 aromatic heterocycles. The van der Waals surface area contributed by atoms with Crippen LogP contribution in [-0.4, -0.2) is 59.1 Å². The number of aliphatic hydroxyl groups is 1. The maximum absolute atomic E-state index is 11.3. The molecule has 2 rings (SSSR count). The number of hydrogen-bond donors (Lipinski definition) is 1. The van der Waals surface area contributed by atoms with Gasteiger partial charge in [0.25, 0.3) is 0 Å². The first-order valence-electron chi connectivity index (χ1n) is 11.4. The van der Waals surface area contributed by atoms with E-state index in [0.29, 0.717) is 23.1 Å². The molecule has 1 aromatic carbocycles. The Kier molecular flexibility index (Phi) is 13.0. The second-order valence-electron chi connectivity index (χ2n) is 8.32. The van der Waals surface area contributed by atoms with Crippen LogP contribution in [0.5, 0.6) is 0 Å². The molecule has 1 atom stereocenters. The van der Waals surface area contributed by atoms with Crippen molar-refractivity contribution in [1.29, 1.82) is 0 Å². The molecule has 1 heterocycles. The summed E-state index contributed by atoms with van der Waals surface area (Å²) in [6.07, 6.45) is 7.02. The van der Waals surface area contributed by atoms with Crippen LogP contribution in [0.25, 0.3) is 0 Å². The van der Waals surface area contributed by atoms with Gasteiger partial charge in [-0.15, -0.1) is 0 Å². The Labute approximate surface area is 193 Å². The van der Waals surface area contributed by atoms with Crippen LogP contribution in [0.3, 0.4) is 0 Å². The molecule has 0 radical (unpaired) electrons. The van der Waals surface area contributed by atoms with Gasteiger partial charge in [-0.2, -0.15) is 0 Å². The quantitative estimate of drug-likeness (QED) is 0.480. The molecule has 1 aliphatic heterocycles. The smallest absolute Gasteiger partial charge is 0.219 e. The van der Waals surface area contributed by atoms with Crippen LogP contribution in [0.15, 0.2) is 18.2 Å². The highest BCUT2D eigenvalue weighted by Gasteiger charge is 2.36. The van der Waals surface area contributed by atoms with E-state index in [1.807, 2.05) is 18.2 Å². The lowest BCUT2D eigenvalue weighted by atomic mass is 9.97. The molecule has 4 nitrogen and oxygen atoms in total. The lowest BCUT2D eigenvalue weighted by Gasteiger charge is -2.26. The van der Waals surface area contributed by atoms with E-state index in [1.165, 1.54) is 12.8 Å². The van der Waals surface area contributed by atoms with Crippen LogP contribution in [0.4, 0.5) is 0 Å². The molecule has 0 aliphatic carbocycles. The summed E-state index contributed by atoms with van der Waals surface area (Å²) in [5, 5.41) is 11.8. The number of amides is 1. The van der Waals surface area contributed by atoms with Crippen molar-refractivity contribution in [1.82, 2.24) is 9.80 Å². The van der Waals surface area contributed by atoms with Crippen molar-refractivity contribution in [3.8, 4) is 0 Å². The molecule has 0 saturated carbocycles. The summed E-state index contributed by atoms with van der Waals surface area (Å²) < 4.78 is 0. The number of benzene rings is 1. The monoisotopic (exact) mass is 458 g/mol.